The number of nitrogens with two attached hydrogens (primary N) is 1. The van der Waals surface area contributed by atoms with E-state index in [2.05, 4.69) is 50.9 Å². The summed E-state index contributed by atoms with van der Waals surface area (Å²) in [5.74, 6) is 0.767. The summed E-state index contributed by atoms with van der Waals surface area (Å²) in [7, 11) is 0. The van der Waals surface area contributed by atoms with E-state index in [1.807, 2.05) is 0 Å². The normalized spacial score (nSPS) is 19.2. The van der Waals surface area contributed by atoms with Gasteiger partial charge in [-0.25, -0.2) is 0 Å². The van der Waals surface area contributed by atoms with Crippen molar-refractivity contribution in [3.05, 3.63) is 29.8 Å². The first kappa shape index (κ1) is 23.3. The predicted molar refractivity (Wildman–Crippen MR) is 131 cm³/mol. The monoisotopic (exact) mass is 499 g/mol. The summed E-state index contributed by atoms with van der Waals surface area (Å²) in [6.07, 6.45) is 7.52. The van der Waals surface area contributed by atoms with E-state index in [4.69, 9.17) is 5.73 Å². The van der Waals surface area contributed by atoms with Crippen LogP contribution in [0.3, 0.4) is 0 Å². The fraction of sp³-hybridized carbons (Fsp3) is 0.682. The Morgan fingerprint density at radius 3 is 2.36 bits per heavy atom. The largest absolute Gasteiger partial charge is 0.370 e. The molecule has 28 heavy (non-hydrogen) atoms. The molecule has 6 heteroatoms. The highest BCUT2D eigenvalue weighted by atomic mass is 127. The van der Waals surface area contributed by atoms with E-state index < -0.39 is 0 Å². The Bertz CT molecular complexity index is 590. The molecule has 0 spiro atoms. The Kier molecular flexibility index (Phi) is 10.4. The van der Waals surface area contributed by atoms with Crippen LogP contribution in [0, 0.1) is 6.92 Å². The van der Waals surface area contributed by atoms with Crippen LogP contribution in [0.15, 0.2) is 29.3 Å². The maximum atomic E-state index is 6.18. The van der Waals surface area contributed by atoms with Crippen LogP contribution in [0.2, 0.25) is 0 Å². The van der Waals surface area contributed by atoms with Crippen LogP contribution >= 0.6 is 24.0 Å². The molecule has 2 N–H and O–H groups in total. The van der Waals surface area contributed by atoms with Crippen molar-refractivity contribution in [2.45, 2.75) is 45.4 Å². The van der Waals surface area contributed by atoms with E-state index in [1.165, 1.54) is 49.9 Å². The molecule has 158 valence electrons. The van der Waals surface area contributed by atoms with Gasteiger partial charge in [0, 0.05) is 51.5 Å². The van der Waals surface area contributed by atoms with Crippen molar-refractivity contribution < 1.29 is 0 Å². The summed E-state index contributed by atoms with van der Waals surface area (Å²) in [5, 5.41) is 0. The highest BCUT2D eigenvalue weighted by Gasteiger charge is 2.16. The molecular formula is C22H38IN5. The third-order valence-corrected chi connectivity index (χ3v) is 5.83. The molecule has 0 saturated carbocycles. The molecule has 2 saturated heterocycles. The number of anilines is 1. The van der Waals surface area contributed by atoms with Crippen LogP contribution in [0.4, 0.5) is 5.69 Å². The minimum absolute atomic E-state index is 0. The number of guanidine groups is 1. The minimum atomic E-state index is 0. The molecule has 0 aromatic heterocycles. The van der Waals surface area contributed by atoms with Crippen molar-refractivity contribution in [2.24, 2.45) is 10.7 Å². The second kappa shape index (κ2) is 12.5. The van der Waals surface area contributed by atoms with Crippen LogP contribution in [-0.4, -0.2) is 68.1 Å². The first-order valence-corrected chi connectivity index (χ1v) is 10.8. The molecule has 1 aromatic carbocycles. The van der Waals surface area contributed by atoms with Crippen molar-refractivity contribution in [3.8, 4) is 0 Å². The standard InChI is InChI=1S/C22H37N5.HI/c1-20-9-8-10-21(19-20)26-17-15-25(16-18-26)12-7-4-11-24-22(23)27-13-5-2-3-6-14-27;/h8-10,19H,2-7,11-18H2,1H3,(H2,23,24);1H. The van der Waals surface area contributed by atoms with E-state index in [9.17, 15) is 0 Å². The summed E-state index contributed by atoms with van der Waals surface area (Å²) < 4.78 is 0. The van der Waals surface area contributed by atoms with E-state index in [-0.39, 0.29) is 24.0 Å². The molecule has 3 rings (SSSR count). The van der Waals surface area contributed by atoms with Gasteiger partial charge in [0.05, 0.1) is 0 Å². The van der Waals surface area contributed by atoms with Gasteiger partial charge < -0.3 is 15.5 Å². The van der Waals surface area contributed by atoms with Gasteiger partial charge in [-0.05, 0) is 56.8 Å². The number of benzene rings is 1. The van der Waals surface area contributed by atoms with Gasteiger partial charge in [0.25, 0.3) is 0 Å². The first-order chi connectivity index (χ1) is 13.2. The second-order valence-electron chi connectivity index (χ2n) is 8.02. The molecule has 2 aliphatic rings. The molecule has 0 unspecified atom stereocenters. The highest BCUT2D eigenvalue weighted by molar-refractivity contribution is 14.0. The van der Waals surface area contributed by atoms with Crippen molar-refractivity contribution >= 4 is 35.6 Å². The number of piperazine rings is 1. The molecule has 0 bridgehead atoms. The number of rotatable bonds is 6. The molecule has 2 aliphatic heterocycles. The van der Waals surface area contributed by atoms with Gasteiger partial charge in [-0.15, -0.1) is 24.0 Å². The fourth-order valence-electron chi connectivity index (χ4n) is 4.09. The van der Waals surface area contributed by atoms with Crippen LogP contribution < -0.4 is 10.6 Å². The van der Waals surface area contributed by atoms with Gasteiger partial charge in [0.2, 0.25) is 0 Å². The third kappa shape index (κ3) is 7.43. The summed E-state index contributed by atoms with van der Waals surface area (Å²) in [6.45, 7) is 11.0. The molecule has 2 heterocycles. The van der Waals surface area contributed by atoms with E-state index >= 15 is 0 Å². The number of aryl methyl sites for hydroxylation is 1. The van der Waals surface area contributed by atoms with Crippen LogP contribution in [-0.2, 0) is 0 Å². The SMILES string of the molecule is Cc1cccc(N2CCN(CCCCN=C(N)N3CCCCCC3)CC2)c1.I. The molecule has 0 radical (unpaired) electrons. The smallest absolute Gasteiger partial charge is 0.191 e. The van der Waals surface area contributed by atoms with E-state index in [1.54, 1.807) is 0 Å². The summed E-state index contributed by atoms with van der Waals surface area (Å²) >= 11 is 0. The van der Waals surface area contributed by atoms with Gasteiger partial charge in [0.1, 0.15) is 0 Å². The number of halogens is 1. The number of unbranched alkanes of at least 4 members (excludes halogenated alkanes) is 1. The van der Waals surface area contributed by atoms with E-state index in [0.717, 1.165) is 58.2 Å². The van der Waals surface area contributed by atoms with Crippen molar-refractivity contribution in [3.63, 3.8) is 0 Å². The van der Waals surface area contributed by atoms with Crippen LogP contribution in [0.25, 0.3) is 0 Å². The van der Waals surface area contributed by atoms with E-state index in [0.29, 0.717) is 0 Å². The lowest BCUT2D eigenvalue weighted by molar-refractivity contribution is 0.253. The zero-order valence-corrected chi connectivity index (χ0v) is 19.8. The van der Waals surface area contributed by atoms with Crippen LogP contribution in [0.5, 0.6) is 0 Å². The molecule has 0 aliphatic carbocycles. The summed E-state index contributed by atoms with van der Waals surface area (Å²) in [6, 6.07) is 8.86. The maximum Gasteiger partial charge on any atom is 0.191 e. The van der Waals surface area contributed by atoms with Gasteiger partial charge in [-0.2, -0.15) is 0 Å². The zero-order valence-electron chi connectivity index (χ0n) is 17.5. The molecule has 2 fully saturated rings. The number of hydrogen-bond donors (Lipinski definition) is 1. The highest BCUT2D eigenvalue weighted by Crippen LogP contribution is 2.18. The lowest BCUT2D eigenvalue weighted by Gasteiger charge is -2.36. The molecule has 1 aromatic rings. The zero-order chi connectivity index (χ0) is 18.9. The quantitative estimate of drug-likeness (QED) is 0.281. The molecule has 0 amide bonds. The van der Waals surface area contributed by atoms with Gasteiger partial charge >= 0.3 is 0 Å². The number of likely N-dealkylation sites (tertiary alicyclic amines) is 1. The number of nitrogens with zero attached hydrogens (tertiary/aromatic N) is 4. The van der Waals surface area contributed by atoms with Crippen LogP contribution in [0.1, 0.15) is 44.1 Å². The Morgan fingerprint density at radius 2 is 1.68 bits per heavy atom. The van der Waals surface area contributed by atoms with Crippen molar-refractivity contribution in [1.29, 1.82) is 0 Å². The van der Waals surface area contributed by atoms with Gasteiger partial charge in [-0.3, -0.25) is 9.89 Å². The molecule has 5 nitrogen and oxygen atoms in total. The average Bonchev–Trinajstić information content (AvgIpc) is 2.98. The third-order valence-electron chi connectivity index (χ3n) is 5.83. The predicted octanol–water partition coefficient (Wildman–Crippen LogP) is 3.71. The van der Waals surface area contributed by atoms with Gasteiger partial charge in [0.15, 0.2) is 5.96 Å². The fourth-order valence-corrected chi connectivity index (χ4v) is 4.09. The van der Waals surface area contributed by atoms with Gasteiger partial charge in [-0.1, -0.05) is 25.0 Å². The molecule has 0 atom stereocenters. The lowest BCUT2D eigenvalue weighted by atomic mass is 10.2. The number of hydrogen-bond acceptors (Lipinski definition) is 3. The second-order valence-corrected chi connectivity index (χ2v) is 8.02. The minimum Gasteiger partial charge on any atom is -0.370 e. The lowest BCUT2D eigenvalue weighted by Crippen LogP contribution is -2.46. The first-order valence-electron chi connectivity index (χ1n) is 10.8. The Labute approximate surface area is 188 Å². The Balaban J connectivity index is 0.00000280. The average molecular weight is 499 g/mol. The van der Waals surface area contributed by atoms with Crippen molar-refractivity contribution in [2.75, 3.05) is 57.3 Å². The summed E-state index contributed by atoms with van der Waals surface area (Å²) in [4.78, 5) is 12.0. The topological polar surface area (TPSA) is 48.1 Å². The summed E-state index contributed by atoms with van der Waals surface area (Å²) in [5.41, 5.74) is 8.90. The Morgan fingerprint density at radius 1 is 0.964 bits per heavy atom. The van der Waals surface area contributed by atoms with Crippen molar-refractivity contribution in [1.82, 2.24) is 9.80 Å². The molecular weight excluding hydrogens is 461 g/mol. The maximum absolute atomic E-state index is 6.18. The number of aliphatic imine (C=N–C) groups is 1. The Hall–Kier alpha value is -1.02.